The molecular weight excluding hydrogens is 456 g/mol. The fraction of sp³-hybridized carbons (Fsp3) is 0.400. The van der Waals surface area contributed by atoms with E-state index in [0.29, 0.717) is 11.3 Å². The predicted octanol–water partition coefficient (Wildman–Crippen LogP) is 3.18. The fourth-order valence-corrected chi connectivity index (χ4v) is 4.33. The van der Waals surface area contributed by atoms with Crippen molar-refractivity contribution in [1.82, 2.24) is 10.6 Å². The van der Waals surface area contributed by atoms with E-state index in [1.165, 1.54) is 7.11 Å². The topological polar surface area (TPSA) is 111 Å². The summed E-state index contributed by atoms with van der Waals surface area (Å²) in [6, 6.07) is 16.2. The molecule has 0 fully saturated rings. The molecule has 0 spiro atoms. The molecule has 2 N–H and O–H groups in total. The van der Waals surface area contributed by atoms with Crippen molar-refractivity contribution in [3.8, 4) is 0 Å². The molecule has 184 valence electrons. The fourth-order valence-electron chi connectivity index (χ4n) is 3.19. The maximum atomic E-state index is 13.0. The predicted molar refractivity (Wildman–Crippen MR) is 129 cm³/mol. The van der Waals surface area contributed by atoms with E-state index < -0.39 is 40.9 Å². The summed E-state index contributed by atoms with van der Waals surface area (Å²) >= 11 is 0. The van der Waals surface area contributed by atoms with E-state index in [1.807, 2.05) is 50.2 Å². The molecule has 2 rings (SSSR count). The molecule has 0 saturated carbocycles. The van der Waals surface area contributed by atoms with E-state index in [0.717, 1.165) is 5.56 Å². The van der Waals surface area contributed by atoms with Crippen LogP contribution in [-0.2, 0) is 36.5 Å². The van der Waals surface area contributed by atoms with Crippen molar-refractivity contribution < 1.29 is 28.1 Å². The van der Waals surface area contributed by atoms with Crippen molar-refractivity contribution >= 4 is 28.8 Å². The van der Waals surface area contributed by atoms with Crippen LogP contribution in [-0.4, -0.2) is 47.1 Å². The van der Waals surface area contributed by atoms with Gasteiger partial charge in [0.2, 0.25) is 5.91 Å². The van der Waals surface area contributed by atoms with Crippen LogP contribution in [0.25, 0.3) is 0 Å². The molecule has 0 aliphatic heterocycles. The summed E-state index contributed by atoms with van der Waals surface area (Å²) in [6.45, 7) is 3.90. The maximum Gasteiger partial charge on any atom is 0.408 e. The summed E-state index contributed by atoms with van der Waals surface area (Å²) < 4.78 is 22.6. The second-order valence-electron chi connectivity index (χ2n) is 8.12. The van der Waals surface area contributed by atoms with Crippen molar-refractivity contribution in [3.05, 3.63) is 66.2 Å². The van der Waals surface area contributed by atoms with Crippen LogP contribution in [0, 0.1) is 5.92 Å². The molecule has 3 atom stereocenters. The third-order valence-corrected chi connectivity index (χ3v) is 6.33. The largest absolute Gasteiger partial charge is 0.467 e. The van der Waals surface area contributed by atoms with Crippen molar-refractivity contribution in [3.63, 3.8) is 0 Å². The number of hydrogen-bond donors (Lipinski definition) is 2. The lowest BCUT2D eigenvalue weighted by atomic mass is 10.0. The van der Waals surface area contributed by atoms with E-state index in [-0.39, 0.29) is 24.7 Å². The van der Waals surface area contributed by atoms with Crippen LogP contribution in [0.2, 0.25) is 0 Å². The summed E-state index contributed by atoms with van der Waals surface area (Å²) in [7, 11) is -0.113. The third-order valence-electron chi connectivity index (χ3n) is 4.93. The molecule has 0 aliphatic carbocycles. The highest BCUT2D eigenvalue weighted by molar-refractivity contribution is 7.85. The number of alkyl carbamates (subject to hydrolysis) is 1. The summed E-state index contributed by atoms with van der Waals surface area (Å²) in [6.07, 6.45) is -0.271. The molecule has 2 aromatic rings. The Kier molecular flexibility index (Phi) is 11.3. The number of hydrogen-bond acceptors (Lipinski definition) is 6. The van der Waals surface area contributed by atoms with E-state index in [4.69, 9.17) is 9.47 Å². The lowest BCUT2D eigenvalue weighted by molar-refractivity contribution is -0.145. The van der Waals surface area contributed by atoms with Crippen LogP contribution >= 0.6 is 0 Å². The van der Waals surface area contributed by atoms with Gasteiger partial charge in [-0.05, 0) is 36.5 Å². The van der Waals surface area contributed by atoms with E-state index in [1.54, 1.807) is 24.3 Å². The SMILES string of the molecule is COC(=O)[C@@H](CC[S@](=O)c1ccccc1)NC(=O)[C@H](CC(C)C)NC(=O)OCc1ccccc1. The van der Waals surface area contributed by atoms with Crippen molar-refractivity contribution in [2.24, 2.45) is 5.92 Å². The minimum absolute atomic E-state index is 0.0682. The Morgan fingerprint density at radius 1 is 0.912 bits per heavy atom. The zero-order chi connectivity index (χ0) is 24.9. The molecule has 0 aliphatic rings. The van der Waals surface area contributed by atoms with Gasteiger partial charge in [0.25, 0.3) is 0 Å². The van der Waals surface area contributed by atoms with Gasteiger partial charge in [0.05, 0.1) is 17.9 Å². The van der Waals surface area contributed by atoms with Crippen LogP contribution in [0.4, 0.5) is 4.79 Å². The smallest absolute Gasteiger partial charge is 0.408 e. The Bertz CT molecular complexity index is 952. The number of esters is 1. The minimum atomic E-state index is -1.34. The standard InChI is InChI=1S/C25H32N2O6S/c1-18(2)16-22(27-25(30)33-17-19-10-6-4-7-11-19)23(28)26-21(24(29)32-3)14-15-34(31)20-12-8-5-9-13-20/h4-13,18,21-22H,14-17H2,1-3H3,(H,26,28)(H,27,30)/t21-,22+,34+/m1/s1. The molecule has 0 aromatic heterocycles. The van der Waals surface area contributed by atoms with E-state index in [9.17, 15) is 18.6 Å². The van der Waals surface area contributed by atoms with Gasteiger partial charge in [0, 0.05) is 10.6 Å². The zero-order valence-corrected chi connectivity index (χ0v) is 20.5. The molecule has 0 bridgehead atoms. The van der Waals surface area contributed by atoms with Crippen LogP contribution < -0.4 is 10.6 Å². The lowest BCUT2D eigenvalue weighted by Crippen LogP contribution is -2.52. The molecule has 0 radical (unpaired) electrons. The van der Waals surface area contributed by atoms with Gasteiger partial charge < -0.3 is 20.1 Å². The Hall–Kier alpha value is -3.20. The second kappa shape index (κ2) is 14.1. The summed E-state index contributed by atoms with van der Waals surface area (Å²) in [5, 5.41) is 5.23. The summed E-state index contributed by atoms with van der Waals surface area (Å²) in [5.41, 5.74) is 0.819. The number of carbonyl (C=O) groups excluding carboxylic acids is 3. The van der Waals surface area contributed by atoms with Gasteiger partial charge >= 0.3 is 12.1 Å². The number of amides is 2. The van der Waals surface area contributed by atoms with Gasteiger partial charge in [-0.1, -0.05) is 62.4 Å². The van der Waals surface area contributed by atoms with Crippen LogP contribution in [0.3, 0.4) is 0 Å². The molecule has 0 heterocycles. The maximum absolute atomic E-state index is 13.0. The Morgan fingerprint density at radius 3 is 2.12 bits per heavy atom. The number of carbonyl (C=O) groups is 3. The lowest BCUT2D eigenvalue weighted by Gasteiger charge is -2.23. The highest BCUT2D eigenvalue weighted by Gasteiger charge is 2.28. The Labute approximate surface area is 202 Å². The molecule has 2 aromatic carbocycles. The number of ether oxygens (including phenoxy) is 2. The minimum Gasteiger partial charge on any atom is -0.467 e. The van der Waals surface area contributed by atoms with Crippen molar-refractivity contribution in [2.45, 2.75) is 50.3 Å². The normalized spacial score (nSPS) is 13.4. The monoisotopic (exact) mass is 488 g/mol. The average molecular weight is 489 g/mol. The van der Waals surface area contributed by atoms with Gasteiger partial charge in [0.1, 0.15) is 18.7 Å². The van der Waals surface area contributed by atoms with Gasteiger partial charge in [-0.25, -0.2) is 9.59 Å². The van der Waals surface area contributed by atoms with E-state index in [2.05, 4.69) is 10.6 Å². The number of rotatable bonds is 12. The van der Waals surface area contributed by atoms with Crippen LogP contribution in [0.1, 0.15) is 32.3 Å². The molecule has 0 unspecified atom stereocenters. The van der Waals surface area contributed by atoms with Crippen molar-refractivity contribution in [1.29, 1.82) is 0 Å². The first-order chi connectivity index (χ1) is 16.3. The van der Waals surface area contributed by atoms with E-state index >= 15 is 0 Å². The molecular formula is C25H32N2O6S. The Morgan fingerprint density at radius 2 is 1.53 bits per heavy atom. The second-order valence-corrected chi connectivity index (χ2v) is 9.69. The third kappa shape index (κ3) is 9.35. The number of nitrogens with one attached hydrogen (secondary N) is 2. The van der Waals surface area contributed by atoms with Crippen molar-refractivity contribution in [2.75, 3.05) is 12.9 Å². The van der Waals surface area contributed by atoms with Crippen LogP contribution in [0.15, 0.2) is 65.6 Å². The summed E-state index contributed by atoms with van der Waals surface area (Å²) in [5.74, 6) is -0.933. The van der Waals surface area contributed by atoms with Gasteiger partial charge in [0.15, 0.2) is 0 Å². The van der Waals surface area contributed by atoms with Crippen LogP contribution in [0.5, 0.6) is 0 Å². The molecule has 8 nitrogen and oxygen atoms in total. The molecule has 2 amide bonds. The highest BCUT2D eigenvalue weighted by Crippen LogP contribution is 2.10. The molecule has 9 heteroatoms. The average Bonchev–Trinajstić information content (AvgIpc) is 2.84. The first kappa shape index (κ1) is 27.0. The molecule has 34 heavy (non-hydrogen) atoms. The highest BCUT2D eigenvalue weighted by atomic mass is 32.2. The van der Waals surface area contributed by atoms with Gasteiger partial charge in [-0.3, -0.25) is 9.00 Å². The first-order valence-electron chi connectivity index (χ1n) is 11.1. The number of methoxy groups -OCH3 is 1. The number of benzene rings is 2. The van der Waals surface area contributed by atoms with Gasteiger partial charge in [-0.2, -0.15) is 0 Å². The zero-order valence-electron chi connectivity index (χ0n) is 19.7. The quantitative estimate of drug-likeness (QED) is 0.444. The molecule has 0 saturated heterocycles. The first-order valence-corrected chi connectivity index (χ1v) is 12.4. The van der Waals surface area contributed by atoms with Gasteiger partial charge in [-0.15, -0.1) is 0 Å². The Balaban J connectivity index is 1.99. The summed E-state index contributed by atoms with van der Waals surface area (Å²) in [4.78, 5) is 38.2.